The zero-order valence-corrected chi connectivity index (χ0v) is 10.7. The van der Waals surface area contributed by atoms with Gasteiger partial charge >= 0.3 is 6.03 Å². The number of carbonyl (C=O) groups is 2. The van der Waals surface area contributed by atoms with E-state index in [-0.39, 0.29) is 18.0 Å². The normalized spacial score (nSPS) is 26.6. The van der Waals surface area contributed by atoms with Gasteiger partial charge in [-0.2, -0.15) is 0 Å². The van der Waals surface area contributed by atoms with Crippen molar-refractivity contribution in [3.05, 3.63) is 0 Å². The van der Waals surface area contributed by atoms with Crippen LogP contribution in [0.3, 0.4) is 0 Å². The SMILES string of the molecule is CCNC(=O)NC(=O)C(C)N1CC(C)C(N)C1. The zero-order chi connectivity index (χ0) is 13.0. The Morgan fingerprint density at radius 1 is 1.47 bits per heavy atom. The maximum absolute atomic E-state index is 11.8. The van der Waals surface area contributed by atoms with E-state index in [1.165, 1.54) is 0 Å². The predicted octanol–water partition coefficient (Wildman–Crippen LogP) is -0.500. The zero-order valence-electron chi connectivity index (χ0n) is 10.7. The second-order valence-electron chi connectivity index (χ2n) is 4.62. The molecule has 3 amide bonds. The molecule has 1 aliphatic heterocycles. The molecule has 4 N–H and O–H groups in total. The Labute approximate surface area is 102 Å². The largest absolute Gasteiger partial charge is 0.338 e. The molecular weight excluding hydrogens is 220 g/mol. The van der Waals surface area contributed by atoms with Gasteiger partial charge in [-0.3, -0.25) is 15.0 Å². The van der Waals surface area contributed by atoms with Crippen molar-refractivity contribution in [3.63, 3.8) is 0 Å². The molecule has 0 aromatic rings. The summed E-state index contributed by atoms with van der Waals surface area (Å²) in [7, 11) is 0. The Morgan fingerprint density at radius 3 is 2.59 bits per heavy atom. The number of nitrogens with one attached hydrogen (secondary N) is 2. The van der Waals surface area contributed by atoms with Gasteiger partial charge in [0.25, 0.3) is 0 Å². The van der Waals surface area contributed by atoms with Crippen molar-refractivity contribution in [2.75, 3.05) is 19.6 Å². The summed E-state index contributed by atoms with van der Waals surface area (Å²) in [6, 6.07) is -0.663. The van der Waals surface area contributed by atoms with Crippen LogP contribution in [-0.4, -0.2) is 48.6 Å². The van der Waals surface area contributed by atoms with Crippen LogP contribution in [0.2, 0.25) is 0 Å². The minimum absolute atomic E-state index is 0.106. The number of imide groups is 1. The molecule has 0 radical (unpaired) electrons. The summed E-state index contributed by atoms with van der Waals surface area (Å²) >= 11 is 0. The first-order valence-electron chi connectivity index (χ1n) is 6.04. The van der Waals surface area contributed by atoms with E-state index in [0.717, 1.165) is 6.54 Å². The van der Waals surface area contributed by atoms with Crippen LogP contribution in [0, 0.1) is 5.92 Å². The topological polar surface area (TPSA) is 87.5 Å². The number of nitrogens with zero attached hydrogens (tertiary/aromatic N) is 1. The minimum atomic E-state index is -0.444. The van der Waals surface area contributed by atoms with Gasteiger partial charge in [0.05, 0.1) is 6.04 Å². The third-order valence-corrected chi connectivity index (χ3v) is 3.20. The van der Waals surface area contributed by atoms with Gasteiger partial charge in [-0.25, -0.2) is 4.79 Å². The molecule has 3 unspecified atom stereocenters. The van der Waals surface area contributed by atoms with Crippen LogP contribution in [0.25, 0.3) is 0 Å². The maximum atomic E-state index is 11.8. The van der Waals surface area contributed by atoms with Crippen molar-refractivity contribution in [1.29, 1.82) is 0 Å². The molecule has 3 atom stereocenters. The monoisotopic (exact) mass is 242 g/mol. The summed E-state index contributed by atoms with van der Waals surface area (Å²) in [5.41, 5.74) is 5.90. The molecule has 1 fully saturated rings. The first-order valence-corrected chi connectivity index (χ1v) is 6.04. The fourth-order valence-electron chi connectivity index (χ4n) is 1.93. The highest BCUT2D eigenvalue weighted by atomic mass is 16.2. The molecule has 0 spiro atoms. The summed E-state index contributed by atoms with van der Waals surface area (Å²) in [6.45, 7) is 7.66. The summed E-state index contributed by atoms with van der Waals surface area (Å²) < 4.78 is 0. The number of likely N-dealkylation sites (tertiary alicyclic amines) is 1. The number of rotatable bonds is 3. The standard InChI is InChI=1S/C11H22N4O2/c1-4-13-11(17)14-10(16)8(3)15-5-7(2)9(12)6-15/h7-9H,4-6,12H2,1-3H3,(H2,13,14,16,17). The number of nitrogens with two attached hydrogens (primary N) is 1. The molecule has 17 heavy (non-hydrogen) atoms. The fraction of sp³-hybridized carbons (Fsp3) is 0.818. The van der Waals surface area contributed by atoms with Crippen molar-refractivity contribution >= 4 is 11.9 Å². The molecule has 0 bridgehead atoms. The number of amides is 3. The second kappa shape index (κ2) is 5.97. The molecule has 98 valence electrons. The van der Waals surface area contributed by atoms with Crippen molar-refractivity contribution < 1.29 is 9.59 Å². The van der Waals surface area contributed by atoms with Crippen molar-refractivity contribution in [1.82, 2.24) is 15.5 Å². The van der Waals surface area contributed by atoms with Gasteiger partial charge in [0.15, 0.2) is 0 Å². The molecular formula is C11H22N4O2. The first kappa shape index (κ1) is 13.9. The van der Waals surface area contributed by atoms with E-state index in [0.29, 0.717) is 19.0 Å². The Morgan fingerprint density at radius 2 is 2.12 bits per heavy atom. The van der Waals surface area contributed by atoms with Gasteiger partial charge in [-0.1, -0.05) is 6.92 Å². The highest BCUT2D eigenvalue weighted by molar-refractivity contribution is 5.96. The third-order valence-electron chi connectivity index (χ3n) is 3.20. The lowest BCUT2D eigenvalue weighted by Crippen LogP contribution is -2.49. The first-order chi connectivity index (χ1) is 7.95. The second-order valence-corrected chi connectivity index (χ2v) is 4.62. The van der Waals surface area contributed by atoms with E-state index in [1.807, 2.05) is 4.90 Å². The van der Waals surface area contributed by atoms with Crippen LogP contribution >= 0.6 is 0 Å². The van der Waals surface area contributed by atoms with Crippen LogP contribution < -0.4 is 16.4 Å². The van der Waals surface area contributed by atoms with Crippen LogP contribution in [-0.2, 0) is 4.79 Å². The summed E-state index contributed by atoms with van der Waals surface area (Å²) in [5.74, 6) is 0.104. The minimum Gasteiger partial charge on any atom is -0.338 e. The smallest absolute Gasteiger partial charge is 0.321 e. The molecule has 1 heterocycles. The summed E-state index contributed by atoms with van der Waals surface area (Å²) in [4.78, 5) is 25.0. The lowest BCUT2D eigenvalue weighted by atomic mass is 10.1. The molecule has 6 heteroatoms. The highest BCUT2D eigenvalue weighted by Gasteiger charge is 2.32. The van der Waals surface area contributed by atoms with E-state index in [9.17, 15) is 9.59 Å². The maximum Gasteiger partial charge on any atom is 0.321 e. The highest BCUT2D eigenvalue weighted by Crippen LogP contribution is 2.16. The molecule has 1 aliphatic rings. The Kier molecular flexibility index (Phi) is 4.89. The van der Waals surface area contributed by atoms with E-state index < -0.39 is 6.03 Å². The van der Waals surface area contributed by atoms with E-state index >= 15 is 0 Å². The Bertz CT molecular complexity index is 285. The van der Waals surface area contributed by atoms with Crippen LogP contribution in [0.15, 0.2) is 0 Å². The third kappa shape index (κ3) is 3.67. The van der Waals surface area contributed by atoms with Crippen molar-refractivity contribution in [3.8, 4) is 0 Å². The van der Waals surface area contributed by atoms with Gasteiger partial charge < -0.3 is 11.1 Å². The summed E-state index contributed by atoms with van der Waals surface area (Å²) in [5, 5.41) is 4.84. The van der Waals surface area contributed by atoms with Crippen molar-refractivity contribution in [2.24, 2.45) is 11.7 Å². The lowest BCUT2D eigenvalue weighted by molar-refractivity contribution is -0.124. The van der Waals surface area contributed by atoms with E-state index in [2.05, 4.69) is 17.6 Å². The van der Waals surface area contributed by atoms with Gasteiger partial charge in [-0.15, -0.1) is 0 Å². The molecule has 0 aromatic carbocycles. The van der Waals surface area contributed by atoms with Crippen LogP contribution in [0.1, 0.15) is 20.8 Å². The number of hydrogen-bond donors (Lipinski definition) is 3. The van der Waals surface area contributed by atoms with Gasteiger partial charge in [0.1, 0.15) is 0 Å². The molecule has 0 aliphatic carbocycles. The van der Waals surface area contributed by atoms with E-state index in [4.69, 9.17) is 5.73 Å². The molecule has 0 saturated carbocycles. The number of carbonyl (C=O) groups excluding carboxylic acids is 2. The fourth-order valence-corrected chi connectivity index (χ4v) is 1.93. The molecule has 6 nitrogen and oxygen atoms in total. The van der Waals surface area contributed by atoms with E-state index in [1.54, 1.807) is 13.8 Å². The van der Waals surface area contributed by atoms with Crippen LogP contribution in [0.5, 0.6) is 0 Å². The quantitative estimate of drug-likeness (QED) is 0.622. The van der Waals surface area contributed by atoms with Gasteiger partial charge in [0, 0.05) is 25.7 Å². The average molecular weight is 242 g/mol. The molecule has 1 rings (SSSR count). The lowest BCUT2D eigenvalue weighted by Gasteiger charge is -2.22. The van der Waals surface area contributed by atoms with Crippen LogP contribution in [0.4, 0.5) is 4.79 Å². The molecule has 1 saturated heterocycles. The Hall–Kier alpha value is -1.14. The number of hydrogen-bond acceptors (Lipinski definition) is 4. The summed E-state index contributed by atoms with van der Waals surface area (Å²) in [6.07, 6.45) is 0. The number of urea groups is 1. The van der Waals surface area contributed by atoms with Gasteiger partial charge in [0.2, 0.25) is 5.91 Å². The Balaban J connectivity index is 2.44. The predicted molar refractivity (Wildman–Crippen MR) is 65.4 cm³/mol. The molecule has 0 aromatic heterocycles. The average Bonchev–Trinajstić information content (AvgIpc) is 2.58. The van der Waals surface area contributed by atoms with Crippen molar-refractivity contribution in [2.45, 2.75) is 32.9 Å². The van der Waals surface area contributed by atoms with Gasteiger partial charge in [-0.05, 0) is 19.8 Å².